The first-order valence-corrected chi connectivity index (χ1v) is 4.85. The summed E-state index contributed by atoms with van der Waals surface area (Å²) in [6.07, 6.45) is 0. The highest BCUT2D eigenvalue weighted by atomic mass is 16.4. The van der Waals surface area contributed by atoms with E-state index in [2.05, 4.69) is 10.3 Å². The lowest BCUT2D eigenvalue weighted by Crippen LogP contribution is -2.33. The minimum absolute atomic E-state index is 0.102. The number of aliphatic carboxylic acids is 1. The zero-order chi connectivity index (χ0) is 12.3. The average Bonchev–Trinajstić information content (AvgIpc) is 2.53. The monoisotopic (exact) mass is 226 g/mol. The van der Waals surface area contributed by atoms with E-state index in [0.717, 1.165) is 5.69 Å². The van der Waals surface area contributed by atoms with Gasteiger partial charge in [0.25, 0.3) is 0 Å². The van der Waals surface area contributed by atoms with Crippen molar-refractivity contribution in [2.75, 3.05) is 0 Å². The van der Waals surface area contributed by atoms with Gasteiger partial charge in [-0.25, -0.2) is 4.98 Å². The van der Waals surface area contributed by atoms with E-state index in [1.54, 1.807) is 13.8 Å². The predicted molar refractivity (Wildman–Crippen MR) is 54.6 cm³/mol. The number of aromatic nitrogens is 1. The van der Waals surface area contributed by atoms with Gasteiger partial charge in [-0.2, -0.15) is 0 Å². The standard InChI is InChI=1S/C10H14N2O4/c1-5(10(14)15)9(13)11-4-8-12-6(2)7(3)16-8/h5H,4H2,1-3H3,(H,11,13)(H,14,15). The molecule has 0 fully saturated rings. The molecule has 6 heteroatoms. The maximum atomic E-state index is 11.3. The highest BCUT2D eigenvalue weighted by Crippen LogP contribution is 2.07. The largest absolute Gasteiger partial charge is 0.481 e. The third-order valence-corrected chi connectivity index (χ3v) is 2.25. The minimum Gasteiger partial charge on any atom is -0.481 e. The normalized spacial score (nSPS) is 12.2. The summed E-state index contributed by atoms with van der Waals surface area (Å²) in [5.74, 6) is -1.72. The number of amides is 1. The first kappa shape index (κ1) is 12.2. The van der Waals surface area contributed by atoms with Crippen LogP contribution in [0.15, 0.2) is 4.42 Å². The molecule has 1 aromatic rings. The van der Waals surface area contributed by atoms with Crippen LogP contribution in [-0.4, -0.2) is 22.0 Å². The number of oxazole rings is 1. The predicted octanol–water partition coefficient (Wildman–Crippen LogP) is 0.628. The van der Waals surface area contributed by atoms with Gasteiger partial charge in [0.05, 0.1) is 12.2 Å². The fourth-order valence-corrected chi connectivity index (χ4v) is 1.04. The van der Waals surface area contributed by atoms with Crippen LogP contribution in [0.3, 0.4) is 0 Å². The second kappa shape index (κ2) is 4.78. The zero-order valence-corrected chi connectivity index (χ0v) is 9.40. The molecule has 1 unspecified atom stereocenters. The summed E-state index contributed by atoms with van der Waals surface area (Å²) in [6, 6.07) is 0. The van der Waals surface area contributed by atoms with Crippen LogP contribution >= 0.6 is 0 Å². The summed E-state index contributed by atoms with van der Waals surface area (Å²) in [7, 11) is 0. The smallest absolute Gasteiger partial charge is 0.315 e. The fourth-order valence-electron chi connectivity index (χ4n) is 1.04. The van der Waals surface area contributed by atoms with Crippen LogP contribution in [0.4, 0.5) is 0 Å². The number of nitrogens with zero attached hydrogens (tertiary/aromatic N) is 1. The Labute approximate surface area is 92.7 Å². The molecule has 0 aromatic carbocycles. The van der Waals surface area contributed by atoms with Crippen molar-refractivity contribution in [3.05, 3.63) is 17.3 Å². The molecule has 0 radical (unpaired) electrons. The molecule has 88 valence electrons. The topological polar surface area (TPSA) is 92.4 Å². The molecule has 16 heavy (non-hydrogen) atoms. The third-order valence-electron chi connectivity index (χ3n) is 2.25. The number of hydrogen-bond acceptors (Lipinski definition) is 4. The summed E-state index contributed by atoms with van der Waals surface area (Å²) >= 11 is 0. The molecule has 1 aromatic heterocycles. The quantitative estimate of drug-likeness (QED) is 0.734. The molecule has 0 aliphatic rings. The van der Waals surface area contributed by atoms with Gasteiger partial charge in [0, 0.05) is 0 Å². The number of rotatable bonds is 4. The van der Waals surface area contributed by atoms with Crippen LogP contribution in [0.2, 0.25) is 0 Å². The highest BCUT2D eigenvalue weighted by molar-refractivity contribution is 5.96. The number of carboxylic acid groups (broad SMARTS) is 1. The second-order valence-corrected chi connectivity index (χ2v) is 3.53. The van der Waals surface area contributed by atoms with E-state index in [1.807, 2.05) is 0 Å². The summed E-state index contributed by atoms with van der Waals surface area (Å²) in [5, 5.41) is 11.0. The Morgan fingerprint density at radius 2 is 2.12 bits per heavy atom. The van der Waals surface area contributed by atoms with Crippen LogP contribution in [0.5, 0.6) is 0 Å². The van der Waals surface area contributed by atoms with E-state index in [0.29, 0.717) is 11.7 Å². The van der Waals surface area contributed by atoms with Crippen molar-refractivity contribution in [1.29, 1.82) is 0 Å². The average molecular weight is 226 g/mol. The van der Waals surface area contributed by atoms with Crippen molar-refractivity contribution in [3.8, 4) is 0 Å². The first-order chi connectivity index (χ1) is 7.41. The van der Waals surface area contributed by atoms with E-state index >= 15 is 0 Å². The van der Waals surface area contributed by atoms with Crippen molar-refractivity contribution in [2.45, 2.75) is 27.3 Å². The maximum Gasteiger partial charge on any atom is 0.315 e. The number of hydrogen-bond donors (Lipinski definition) is 2. The molecule has 1 rings (SSSR count). The molecular weight excluding hydrogens is 212 g/mol. The molecule has 0 aliphatic heterocycles. The minimum atomic E-state index is -1.16. The SMILES string of the molecule is Cc1nc(CNC(=O)C(C)C(=O)O)oc1C. The van der Waals surface area contributed by atoms with E-state index in [9.17, 15) is 9.59 Å². The summed E-state index contributed by atoms with van der Waals surface area (Å²) < 4.78 is 5.23. The van der Waals surface area contributed by atoms with E-state index in [-0.39, 0.29) is 6.54 Å². The van der Waals surface area contributed by atoms with Crippen molar-refractivity contribution in [1.82, 2.24) is 10.3 Å². The molecule has 1 heterocycles. The highest BCUT2D eigenvalue weighted by Gasteiger charge is 2.20. The molecule has 1 atom stereocenters. The van der Waals surface area contributed by atoms with Crippen molar-refractivity contribution < 1.29 is 19.1 Å². The Morgan fingerprint density at radius 3 is 2.56 bits per heavy atom. The van der Waals surface area contributed by atoms with Crippen LogP contribution in [-0.2, 0) is 16.1 Å². The lowest BCUT2D eigenvalue weighted by Gasteiger charge is -2.05. The zero-order valence-electron chi connectivity index (χ0n) is 9.40. The fraction of sp³-hybridized carbons (Fsp3) is 0.500. The molecular formula is C10H14N2O4. The van der Waals surface area contributed by atoms with Crippen molar-refractivity contribution in [2.24, 2.45) is 5.92 Å². The molecule has 6 nitrogen and oxygen atoms in total. The van der Waals surface area contributed by atoms with Crippen LogP contribution < -0.4 is 5.32 Å². The Kier molecular flexibility index (Phi) is 3.65. The summed E-state index contributed by atoms with van der Waals surface area (Å²) in [6.45, 7) is 4.99. The lowest BCUT2D eigenvalue weighted by atomic mass is 10.2. The Bertz CT molecular complexity index is 391. The van der Waals surface area contributed by atoms with Gasteiger partial charge < -0.3 is 14.8 Å². The molecule has 0 spiro atoms. The van der Waals surface area contributed by atoms with Gasteiger partial charge in [-0.15, -0.1) is 0 Å². The van der Waals surface area contributed by atoms with Crippen LogP contribution in [0.25, 0.3) is 0 Å². The van der Waals surface area contributed by atoms with E-state index in [1.165, 1.54) is 6.92 Å². The van der Waals surface area contributed by atoms with E-state index < -0.39 is 17.8 Å². The van der Waals surface area contributed by atoms with Crippen LogP contribution in [0.1, 0.15) is 24.3 Å². The Balaban J connectivity index is 2.52. The number of nitrogens with one attached hydrogen (secondary N) is 1. The Hall–Kier alpha value is -1.85. The number of carbonyl (C=O) groups is 2. The van der Waals surface area contributed by atoms with E-state index in [4.69, 9.17) is 9.52 Å². The Morgan fingerprint density at radius 1 is 1.50 bits per heavy atom. The van der Waals surface area contributed by atoms with Crippen LogP contribution in [0, 0.1) is 19.8 Å². The first-order valence-electron chi connectivity index (χ1n) is 4.85. The van der Waals surface area contributed by atoms with Gasteiger partial charge in [0.2, 0.25) is 11.8 Å². The number of carboxylic acids is 1. The van der Waals surface area contributed by atoms with Gasteiger partial charge in [0.15, 0.2) is 0 Å². The molecule has 0 saturated carbocycles. The van der Waals surface area contributed by atoms with Gasteiger partial charge in [-0.1, -0.05) is 0 Å². The van der Waals surface area contributed by atoms with Gasteiger partial charge in [-0.05, 0) is 20.8 Å². The molecule has 0 aliphatic carbocycles. The van der Waals surface area contributed by atoms with Gasteiger partial charge in [0.1, 0.15) is 11.7 Å². The van der Waals surface area contributed by atoms with Crippen molar-refractivity contribution in [3.63, 3.8) is 0 Å². The van der Waals surface area contributed by atoms with Gasteiger partial charge >= 0.3 is 5.97 Å². The number of carbonyl (C=O) groups excluding carboxylic acids is 1. The lowest BCUT2D eigenvalue weighted by molar-refractivity contribution is -0.146. The molecule has 2 N–H and O–H groups in total. The number of aryl methyl sites for hydroxylation is 2. The second-order valence-electron chi connectivity index (χ2n) is 3.53. The molecule has 0 saturated heterocycles. The summed E-state index contributed by atoms with van der Waals surface area (Å²) in [4.78, 5) is 25.9. The maximum absolute atomic E-state index is 11.3. The van der Waals surface area contributed by atoms with Gasteiger partial charge in [-0.3, -0.25) is 9.59 Å². The third kappa shape index (κ3) is 2.82. The molecule has 0 bridgehead atoms. The van der Waals surface area contributed by atoms with Crippen molar-refractivity contribution >= 4 is 11.9 Å². The molecule has 1 amide bonds. The summed E-state index contributed by atoms with van der Waals surface area (Å²) in [5.41, 5.74) is 0.760.